The second kappa shape index (κ2) is 18.4. The second-order valence-electron chi connectivity index (χ2n) is 19.9. The SMILES string of the molecule is CC(C)[C@@H](C(=O)N1CCC[C@@]1(C(N)=O)c1ccc([C@@H]2CC[C@@H](c3ccc([C@]4(C(N)=O)CCCN4C(=O)[C@H](C(C)C)N(C)C(=O)O)cc3)N2c2ccc(C(C)(C)C)cc2)cc1)N(C)C(=O)O. The maximum absolute atomic E-state index is 14.2. The maximum Gasteiger partial charge on any atom is 0.407 e. The van der Waals surface area contributed by atoms with E-state index in [0.29, 0.717) is 36.8 Å². The summed E-state index contributed by atoms with van der Waals surface area (Å²) in [4.78, 5) is 86.9. The number of hydrogen-bond acceptors (Lipinski definition) is 7. The van der Waals surface area contributed by atoms with Crippen molar-refractivity contribution in [2.24, 2.45) is 23.3 Å². The van der Waals surface area contributed by atoms with Crippen LogP contribution < -0.4 is 16.4 Å². The van der Waals surface area contributed by atoms with E-state index in [0.717, 1.165) is 39.5 Å². The zero-order valence-electron chi connectivity index (χ0n) is 39.3. The van der Waals surface area contributed by atoms with Gasteiger partial charge in [-0.2, -0.15) is 0 Å². The molecule has 3 aliphatic rings. The van der Waals surface area contributed by atoms with Gasteiger partial charge in [0.15, 0.2) is 0 Å². The van der Waals surface area contributed by atoms with Crippen molar-refractivity contribution in [1.82, 2.24) is 19.6 Å². The van der Waals surface area contributed by atoms with Crippen molar-refractivity contribution < 1.29 is 39.0 Å². The molecule has 6 atom stereocenters. The highest BCUT2D eigenvalue weighted by Crippen LogP contribution is 2.49. The average molecular weight is 894 g/mol. The molecule has 6 N–H and O–H groups in total. The van der Waals surface area contributed by atoms with Gasteiger partial charge in [-0.25, -0.2) is 9.59 Å². The highest BCUT2D eigenvalue weighted by Gasteiger charge is 2.54. The van der Waals surface area contributed by atoms with E-state index in [9.17, 15) is 39.0 Å². The number of anilines is 1. The van der Waals surface area contributed by atoms with Crippen molar-refractivity contribution in [2.75, 3.05) is 32.1 Å². The van der Waals surface area contributed by atoms with Crippen LogP contribution in [0.4, 0.5) is 15.3 Å². The fourth-order valence-corrected chi connectivity index (χ4v) is 10.9. The molecule has 3 aliphatic heterocycles. The maximum atomic E-state index is 14.2. The van der Waals surface area contributed by atoms with Crippen LogP contribution >= 0.6 is 0 Å². The molecule has 3 fully saturated rings. The Labute approximate surface area is 382 Å². The minimum atomic E-state index is -1.45. The number of rotatable bonds is 13. The summed E-state index contributed by atoms with van der Waals surface area (Å²) in [5.41, 5.74) is 14.7. The van der Waals surface area contributed by atoms with Gasteiger partial charge < -0.3 is 36.4 Å². The number of nitrogens with two attached hydrogens (primary N) is 2. The van der Waals surface area contributed by atoms with Crippen molar-refractivity contribution in [2.45, 2.75) is 128 Å². The Kier molecular flexibility index (Phi) is 13.7. The topological polar surface area (TPSA) is 211 Å². The highest BCUT2D eigenvalue weighted by molar-refractivity contribution is 5.96. The first-order valence-electron chi connectivity index (χ1n) is 22.7. The van der Waals surface area contributed by atoms with Crippen LogP contribution in [0.25, 0.3) is 0 Å². The van der Waals surface area contributed by atoms with Gasteiger partial charge in [-0.1, -0.05) is 109 Å². The smallest absolute Gasteiger partial charge is 0.407 e. The Balaban J connectivity index is 1.36. The Bertz CT molecular complexity index is 2140. The Morgan fingerprint density at radius 3 is 1.26 bits per heavy atom. The number of carbonyl (C=O) groups excluding carboxylic acids is 4. The van der Waals surface area contributed by atoms with E-state index in [4.69, 9.17) is 11.5 Å². The second-order valence-corrected chi connectivity index (χ2v) is 19.9. The van der Waals surface area contributed by atoms with Crippen LogP contribution in [-0.4, -0.2) is 105 Å². The van der Waals surface area contributed by atoms with Crippen molar-refractivity contribution in [1.29, 1.82) is 0 Å². The lowest BCUT2D eigenvalue weighted by Gasteiger charge is -2.41. The van der Waals surface area contributed by atoms with Gasteiger partial charge in [0.25, 0.3) is 0 Å². The number of benzene rings is 3. The van der Waals surface area contributed by atoms with Gasteiger partial charge >= 0.3 is 12.2 Å². The summed E-state index contributed by atoms with van der Waals surface area (Å²) < 4.78 is 0. The zero-order chi connectivity index (χ0) is 47.9. The summed E-state index contributed by atoms with van der Waals surface area (Å²) in [6.45, 7) is 14.1. The molecule has 3 saturated heterocycles. The number of likely N-dealkylation sites (N-methyl/N-ethyl adjacent to an activating group) is 2. The molecule has 3 aromatic rings. The number of likely N-dealkylation sites (tertiary alicyclic amines) is 2. The molecule has 65 heavy (non-hydrogen) atoms. The first-order valence-corrected chi connectivity index (χ1v) is 22.7. The fraction of sp³-hybridized carbons (Fsp3) is 0.520. The largest absolute Gasteiger partial charge is 0.465 e. The lowest BCUT2D eigenvalue weighted by molar-refractivity contribution is -0.148. The number of primary amides is 2. The highest BCUT2D eigenvalue weighted by atomic mass is 16.4. The molecule has 0 aromatic heterocycles. The third-order valence-electron chi connectivity index (χ3n) is 14.3. The predicted octanol–water partition coefficient (Wildman–Crippen LogP) is 6.94. The van der Waals surface area contributed by atoms with Crippen LogP contribution in [-0.2, 0) is 35.7 Å². The van der Waals surface area contributed by atoms with Crippen LogP contribution in [0.2, 0.25) is 0 Å². The third-order valence-corrected chi connectivity index (χ3v) is 14.3. The number of nitrogens with zero attached hydrogens (tertiary/aromatic N) is 5. The lowest BCUT2D eigenvalue weighted by Crippen LogP contribution is -2.59. The molecule has 3 aromatic carbocycles. The molecule has 0 bridgehead atoms. The van der Waals surface area contributed by atoms with Crippen molar-refractivity contribution in [3.8, 4) is 0 Å². The fourth-order valence-electron chi connectivity index (χ4n) is 10.9. The van der Waals surface area contributed by atoms with E-state index < -0.39 is 59.0 Å². The van der Waals surface area contributed by atoms with Gasteiger partial charge in [-0.15, -0.1) is 0 Å². The molecule has 0 spiro atoms. The number of amides is 6. The Morgan fingerprint density at radius 2 is 0.969 bits per heavy atom. The quantitative estimate of drug-likeness (QED) is 0.140. The van der Waals surface area contributed by atoms with E-state index in [-0.39, 0.29) is 42.4 Å². The molecule has 0 aliphatic carbocycles. The zero-order valence-corrected chi connectivity index (χ0v) is 39.3. The summed E-state index contributed by atoms with van der Waals surface area (Å²) in [7, 11) is 2.73. The molecule has 0 radical (unpaired) electrons. The average Bonchev–Trinajstić information content (AvgIpc) is 4.02. The van der Waals surface area contributed by atoms with E-state index in [2.05, 4.69) is 49.9 Å². The molecular weight excluding hydrogens is 827 g/mol. The van der Waals surface area contributed by atoms with Crippen molar-refractivity contribution in [3.05, 3.63) is 101 Å². The Morgan fingerprint density at radius 1 is 0.615 bits per heavy atom. The van der Waals surface area contributed by atoms with E-state index in [1.54, 1.807) is 27.7 Å². The van der Waals surface area contributed by atoms with Gasteiger partial charge in [0.2, 0.25) is 23.6 Å². The van der Waals surface area contributed by atoms with Gasteiger partial charge in [-0.3, -0.25) is 29.0 Å². The van der Waals surface area contributed by atoms with Crippen LogP contribution in [0.15, 0.2) is 72.8 Å². The van der Waals surface area contributed by atoms with Gasteiger partial charge in [0.1, 0.15) is 23.2 Å². The van der Waals surface area contributed by atoms with Crippen molar-refractivity contribution in [3.63, 3.8) is 0 Å². The molecular formula is C50H67N7O8. The van der Waals surface area contributed by atoms with Crippen LogP contribution in [0.1, 0.15) is 127 Å². The van der Waals surface area contributed by atoms with Crippen LogP contribution in [0.3, 0.4) is 0 Å². The molecule has 6 amide bonds. The molecule has 3 heterocycles. The molecule has 0 saturated carbocycles. The van der Waals surface area contributed by atoms with E-state index >= 15 is 0 Å². The number of hydrogen-bond donors (Lipinski definition) is 4. The monoisotopic (exact) mass is 894 g/mol. The lowest BCUT2D eigenvalue weighted by atomic mass is 9.84. The summed E-state index contributed by atoms with van der Waals surface area (Å²) in [5, 5.41) is 19.6. The minimum Gasteiger partial charge on any atom is -0.465 e. The molecule has 6 rings (SSSR count). The van der Waals surface area contributed by atoms with Gasteiger partial charge in [0, 0.05) is 32.9 Å². The molecule has 0 unspecified atom stereocenters. The predicted molar refractivity (Wildman–Crippen MR) is 248 cm³/mol. The Hall–Kier alpha value is -6.12. The van der Waals surface area contributed by atoms with Gasteiger partial charge in [-0.05, 0) is 95.7 Å². The standard InChI is InChI=1S/C50H67N7O8/c1-30(2)40(53(8)46(62)63)42(58)55-28-10-26-49(55,44(51)60)35-16-12-32(13-17-35)38-24-25-39(57(38)37-22-20-34(21-23-37)48(5,6)7)33-14-18-36(19-15-33)50(45(52)61)27-11-29-56(50)43(59)41(31(3)4)54(9)47(64)65/h12-23,30-31,38-41H,10-11,24-29H2,1-9H3,(H2,51,60)(H2,52,61)(H,62,63)(H,64,65)/t38-,39-,40-,41-,49-,50-/m0/s1. The van der Waals surface area contributed by atoms with Crippen molar-refractivity contribution >= 4 is 41.5 Å². The van der Waals surface area contributed by atoms with Crippen LogP contribution in [0, 0.1) is 11.8 Å². The van der Waals surface area contributed by atoms with Crippen LogP contribution in [0.5, 0.6) is 0 Å². The van der Waals surface area contributed by atoms with E-state index in [1.807, 2.05) is 48.5 Å². The number of carboxylic acid groups (broad SMARTS) is 2. The summed E-state index contributed by atoms with van der Waals surface area (Å²) in [5.74, 6) is -2.96. The first-order chi connectivity index (χ1) is 30.5. The first kappa shape index (κ1) is 48.3. The van der Waals surface area contributed by atoms with E-state index in [1.165, 1.54) is 29.5 Å². The summed E-state index contributed by atoms with van der Waals surface area (Å²) >= 11 is 0. The summed E-state index contributed by atoms with van der Waals surface area (Å²) in [6.07, 6.45) is 0.738. The number of carbonyl (C=O) groups is 6. The third kappa shape index (κ3) is 8.61. The molecule has 15 nitrogen and oxygen atoms in total. The summed E-state index contributed by atoms with van der Waals surface area (Å²) in [6, 6.07) is 21.8. The molecule has 15 heteroatoms. The normalized spacial score (nSPS) is 23.2. The van der Waals surface area contributed by atoms with Gasteiger partial charge in [0.05, 0.1) is 12.1 Å². The molecule has 350 valence electrons. The minimum absolute atomic E-state index is 0.0672.